The summed E-state index contributed by atoms with van der Waals surface area (Å²) in [5.41, 5.74) is 0.866. The third-order valence-corrected chi connectivity index (χ3v) is 4.87. The molecule has 138 valence electrons. The number of nitrogens with zero attached hydrogens (tertiary/aromatic N) is 1. The summed E-state index contributed by atoms with van der Waals surface area (Å²) in [4.78, 5) is 27.5. The van der Waals surface area contributed by atoms with E-state index in [2.05, 4.69) is 14.8 Å². The molecule has 0 saturated carbocycles. The lowest BCUT2D eigenvalue weighted by atomic mass is 10.0. The lowest BCUT2D eigenvalue weighted by Crippen LogP contribution is -2.27. The van der Waals surface area contributed by atoms with Crippen molar-refractivity contribution in [3.05, 3.63) is 59.8 Å². The van der Waals surface area contributed by atoms with Gasteiger partial charge < -0.3 is 20.1 Å². The average Bonchev–Trinajstić information content (AvgIpc) is 2.62. The number of hydrogen-bond donors (Lipinski definition) is 3. The van der Waals surface area contributed by atoms with Gasteiger partial charge in [0.1, 0.15) is 12.6 Å². The second-order valence-corrected chi connectivity index (χ2v) is 6.90. The minimum atomic E-state index is -2.59. The highest BCUT2D eigenvalue weighted by Crippen LogP contribution is 2.27. The molecule has 1 heterocycles. The molecule has 0 radical (unpaired) electrons. The number of hydrogen-bond acceptors (Lipinski definition) is 6. The highest BCUT2D eigenvalue weighted by molar-refractivity contribution is 7.39. The van der Waals surface area contributed by atoms with Crippen molar-refractivity contribution in [3.63, 3.8) is 0 Å². The molecular weight excluding hydrogens is 359 g/mol. The van der Waals surface area contributed by atoms with Crippen LogP contribution >= 0.6 is 8.03 Å². The van der Waals surface area contributed by atoms with E-state index in [-0.39, 0.29) is 17.5 Å². The molecule has 1 aromatic heterocycles. The maximum atomic E-state index is 12.6. The summed E-state index contributed by atoms with van der Waals surface area (Å²) >= 11 is 0. The zero-order chi connectivity index (χ0) is 18.9. The predicted octanol–water partition coefficient (Wildman–Crippen LogP) is 2.02. The van der Waals surface area contributed by atoms with Crippen LogP contribution in [0.1, 0.15) is 15.9 Å². The van der Waals surface area contributed by atoms with E-state index in [1.807, 2.05) is 30.3 Å². The molecule has 0 aliphatic rings. The molecule has 2 atom stereocenters. The average molecular weight is 378 g/mol. The van der Waals surface area contributed by atoms with Gasteiger partial charge in [-0.05, 0) is 24.1 Å². The molecule has 2 rings (SSSR count). The molecule has 8 nitrogen and oxygen atoms in total. The topological polar surface area (TPSA) is 126 Å². The number of carbonyl (C=O) groups excluding carboxylic acids is 1. The zero-order valence-electron chi connectivity index (χ0n) is 13.8. The van der Waals surface area contributed by atoms with Crippen LogP contribution in [0.3, 0.4) is 0 Å². The molecule has 2 aromatic rings. The second-order valence-electron chi connectivity index (χ2n) is 5.46. The number of aromatic nitrogens is 1. The minimum Gasteiger partial charge on any atom is -0.478 e. The Morgan fingerprint density at radius 2 is 1.96 bits per heavy atom. The van der Waals surface area contributed by atoms with Crippen LogP contribution in [0.2, 0.25) is 0 Å². The van der Waals surface area contributed by atoms with Gasteiger partial charge in [0, 0.05) is 12.4 Å². The Hall–Kier alpha value is -2.54. The standard InChI is InChI=1S/C17H19N2O6P/c20-11-25-26(24)10-14(8-12-4-2-1-3-5-12)16(21)19-15-9-13(17(22)23)6-7-18-15/h1-7,9,14,20,26H,8,10-11H2,(H,22,23)(H,18,19,21). The van der Waals surface area contributed by atoms with Crippen LogP contribution in [-0.4, -0.2) is 40.0 Å². The summed E-state index contributed by atoms with van der Waals surface area (Å²) in [5.74, 6) is -2.18. The summed E-state index contributed by atoms with van der Waals surface area (Å²) < 4.78 is 16.6. The lowest BCUT2D eigenvalue weighted by Gasteiger charge is -2.16. The number of amides is 1. The molecule has 0 aliphatic carbocycles. The molecule has 0 aliphatic heterocycles. The van der Waals surface area contributed by atoms with E-state index in [1.54, 1.807) is 0 Å². The summed E-state index contributed by atoms with van der Waals surface area (Å²) in [5, 5.41) is 20.3. The van der Waals surface area contributed by atoms with E-state index in [9.17, 15) is 14.2 Å². The normalized spacial score (nSPS) is 13.0. The van der Waals surface area contributed by atoms with Gasteiger partial charge in [-0.3, -0.25) is 9.36 Å². The fraction of sp³-hybridized carbons (Fsp3) is 0.235. The summed E-state index contributed by atoms with van der Waals surface area (Å²) in [7, 11) is -2.59. The van der Waals surface area contributed by atoms with E-state index in [0.717, 1.165) is 5.56 Å². The Bertz CT molecular complexity index is 784. The zero-order valence-corrected chi connectivity index (χ0v) is 14.8. The lowest BCUT2D eigenvalue weighted by molar-refractivity contribution is -0.119. The Kier molecular flexibility index (Phi) is 7.47. The van der Waals surface area contributed by atoms with Crippen LogP contribution in [0.4, 0.5) is 5.82 Å². The van der Waals surface area contributed by atoms with Crippen LogP contribution in [0, 0.1) is 5.92 Å². The number of anilines is 1. The van der Waals surface area contributed by atoms with Gasteiger partial charge >= 0.3 is 5.97 Å². The van der Waals surface area contributed by atoms with Gasteiger partial charge in [-0.1, -0.05) is 30.3 Å². The Labute approximate surface area is 150 Å². The third kappa shape index (κ3) is 6.07. The first-order valence-electron chi connectivity index (χ1n) is 7.80. The molecule has 1 aromatic carbocycles. The Morgan fingerprint density at radius 3 is 2.62 bits per heavy atom. The number of carboxylic acids is 1. The first-order chi connectivity index (χ1) is 12.5. The van der Waals surface area contributed by atoms with Gasteiger partial charge in [-0.2, -0.15) is 0 Å². The van der Waals surface area contributed by atoms with E-state index in [1.165, 1.54) is 18.3 Å². The highest BCUT2D eigenvalue weighted by atomic mass is 31.1. The maximum Gasteiger partial charge on any atom is 0.335 e. The molecule has 0 saturated heterocycles. The highest BCUT2D eigenvalue weighted by Gasteiger charge is 2.23. The van der Waals surface area contributed by atoms with Crippen molar-refractivity contribution in [2.45, 2.75) is 6.42 Å². The van der Waals surface area contributed by atoms with Crippen molar-refractivity contribution >= 4 is 25.7 Å². The first-order valence-corrected chi connectivity index (χ1v) is 9.32. The fourth-order valence-corrected chi connectivity index (χ4v) is 3.34. The number of nitrogens with one attached hydrogen (secondary N) is 1. The monoisotopic (exact) mass is 378 g/mol. The number of rotatable bonds is 9. The van der Waals surface area contributed by atoms with Crippen molar-refractivity contribution in [2.75, 3.05) is 18.3 Å². The first kappa shape index (κ1) is 19.8. The number of aromatic carboxylic acids is 1. The van der Waals surface area contributed by atoms with Crippen LogP contribution in [-0.2, 0) is 20.3 Å². The number of carbonyl (C=O) groups is 2. The van der Waals surface area contributed by atoms with Crippen LogP contribution in [0.15, 0.2) is 48.7 Å². The van der Waals surface area contributed by atoms with Gasteiger partial charge in [0.2, 0.25) is 5.91 Å². The largest absolute Gasteiger partial charge is 0.478 e. The van der Waals surface area contributed by atoms with Crippen molar-refractivity contribution in [3.8, 4) is 0 Å². The molecule has 0 bridgehead atoms. The van der Waals surface area contributed by atoms with Crippen molar-refractivity contribution in [1.29, 1.82) is 0 Å². The fourth-order valence-electron chi connectivity index (χ4n) is 2.35. The second kappa shape index (κ2) is 9.82. The molecule has 1 amide bonds. The van der Waals surface area contributed by atoms with Crippen molar-refractivity contribution < 1.29 is 28.9 Å². The molecule has 26 heavy (non-hydrogen) atoms. The van der Waals surface area contributed by atoms with E-state index < -0.39 is 32.6 Å². The smallest absolute Gasteiger partial charge is 0.335 e. The quantitative estimate of drug-likeness (QED) is 0.450. The third-order valence-electron chi connectivity index (χ3n) is 3.59. The summed E-state index contributed by atoms with van der Waals surface area (Å²) in [6.07, 6.45) is 1.55. The van der Waals surface area contributed by atoms with E-state index in [4.69, 9.17) is 10.2 Å². The maximum absolute atomic E-state index is 12.6. The Morgan fingerprint density at radius 1 is 1.23 bits per heavy atom. The molecule has 3 N–H and O–H groups in total. The van der Waals surface area contributed by atoms with E-state index >= 15 is 0 Å². The Balaban J connectivity index is 2.14. The molecule has 2 unspecified atom stereocenters. The van der Waals surface area contributed by atoms with Gasteiger partial charge in [-0.25, -0.2) is 9.78 Å². The summed E-state index contributed by atoms with van der Waals surface area (Å²) in [6, 6.07) is 11.7. The SMILES string of the molecule is O=C(O)c1ccnc(NC(=O)C(Cc2ccccc2)C[PH](=O)OCO)c1. The molecule has 9 heteroatoms. The van der Waals surface area contributed by atoms with Gasteiger partial charge in [0.25, 0.3) is 0 Å². The number of aliphatic hydroxyl groups is 1. The van der Waals surface area contributed by atoms with Crippen molar-refractivity contribution in [1.82, 2.24) is 4.98 Å². The van der Waals surface area contributed by atoms with Crippen LogP contribution in [0.5, 0.6) is 0 Å². The molecule has 0 fully saturated rings. The van der Waals surface area contributed by atoms with Crippen LogP contribution in [0.25, 0.3) is 0 Å². The van der Waals surface area contributed by atoms with Crippen molar-refractivity contribution in [2.24, 2.45) is 5.92 Å². The van der Waals surface area contributed by atoms with Gasteiger partial charge in [0.15, 0.2) is 8.03 Å². The predicted molar refractivity (Wildman–Crippen MR) is 95.5 cm³/mol. The molecule has 0 spiro atoms. The number of benzene rings is 1. The number of carboxylic acid groups (broad SMARTS) is 1. The van der Waals surface area contributed by atoms with Crippen LogP contribution < -0.4 is 5.32 Å². The van der Waals surface area contributed by atoms with Gasteiger partial charge in [0.05, 0.1) is 11.5 Å². The minimum absolute atomic E-state index is 0.00732. The molecular formula is C17H19N2O6P. The van der Waals surface area contributed by atoms with Gasteiger partial charge in [-0.15, -0.1) is 0 Å². The van der Waals surface area contributed by atoms with E-state index in [0.29, 0.717) is 6.42 Å². The summed E-state index contributed by atoms with van der Waals surface area (Å²) in [6.45, 7) is -0.681. The number of pyridine rings is 1. The number of aliphatic hydroxyl groups excluding tert-OH is 1.